The zero-order chi connectivity index (χ0) is 43.6. The van der Waals surface area contributed by atoms with Gasteiger partial charge in [-0.05, 0) is 91.2 Å². The van der Waals surface area contributed by atoms with Crippen molar-refractivity contribution in [3.05, 3.63) is 106 Å². The number of halogens is 4. The Bertz CT molecular complexity index is 2570. The van der Waals surface area contributed by atoms with E-state index in [1.165, 1.54) is 16.7 Å². The van der Waals surface area contributed by atoms with Gasteiger partial charge in [0, 0.05) is 62.0 Å². The van der Waals surface area contributed by atoms with E-state index in [1.54, 1.807) is 41.4 Å². The third kappa shape index (κ3) is 10.3. The molecule has 2 aromatic heterocycles. The molecule has 0 radical (unpaired) electrons. The van der Waals surface area contributed by atoms with Gasteiger partial charge < -0.3 is 14.4 Å². The summed E-state index contributed by atoms with van der Waals surface area (Å²) in [5.74, 6) is -0.326. The SMILES string of the molecule is CC1(C)CCC(CN2CCN(c3ccc(C(=O)NS(=O)(=O)c4cnc(OC[C@@H]5CCN(CC(F)F)C5)c(Cl)c4)c(Oc4cccc5[nH]ncc45)c3)CC2)=C(c2ccc(Cl)cc2)C1. The number of allylic oxidation sites excluding steroid dienone is 1. The molecule has 2 saturated heterocycles. The smallest absolute Gasteiger partial charge is 0.268 e. The van der Waals surface area contributed by atoms with E-state index in [1.807, 2.05) is 18.2 Å². The number of anilines is 1. The molecule has 17 heteroatoms. The summed E-state index contributed by atoms with van der Waals surface area (Å²) < 4.78 is 67.1. The molecule has 1 aliphatic carbocycles. The maximum atomic E-state index is 13.9. The first-order chi connectivity index (χ1) is 29.7. The molecule has 3 aromatic carbocycles. The van der Waals surface area contributed by atoms with Crippen molar-refractivity contribution >= 4 is 61.3 Å². The van der Waals surface area contributed by atoms with Crippen LogP contribution in [0.1, 0.15) is 55.5 Å². The monoisotopic (exact) mass is 907 g/mol. The number of aromatic nitrogens is 3. The molecule has 5 aromatic rings. The summed E-state index contributed by atoms with van der Waals surface area (Å²) in [5, 5.41) is 8.39. The van der Waals surface area contributed by atoms with E-state index in [-0.39, 0.29) is 51.6 Å². The van der Waals surface area contributed by atoms with Crippen LogP contribution in [0.5, 0.6) is 17.4 Å². The van der Waals surface area contributed by atoms with E-state index in [4.69, 9.17) is 32.7 Å². The van der Waals surface area contributed by atoms with E-state index in [9.17, 15) is 22.0 Å². The van der Waals surface area contributed by atoms with Gasteiger partial charge in [-0.2, -0.15) is 5.10 Å². The lowest BCUT2D eigenvalue weighted by molar-refractivity contribution is 0.0960. The first kappa shape index (κ1) is 43.8. The number of likely N-dealkylation sites (tertiary alicyclic amines) is 1. The zero-order valence-electron chi connectivity index (χ0n) is 34.6. The second kappa shape index (κ2) is 18.5. The molecular weight excluding hydrogens is 860 g/mol. The van der Waals surface area contributed by atoms with Crippen molar-refractivity contribution in [2.24, 2.45) is 11.3 Å². The summed E-state index contributed by atoms with van der Waals surface area (Å²) >= 11 is 12.6. The average molecular weight is 909 g/mol. The number of piperazine rings is 1. The molecule has 3 aliphatic rings. The quantitative estimate of drug-likeness (QED) is 0.111. The average Bonchev–Trinajstić information content (AvgIpc) is 3.91. The summed E-state index contributed by atoms with van der Waals surface area (Å²) in [6.45, 7) is 9.54. The molecular formula is C45H49Cl2F2N7O5S. The predicted octanol–water partition coefficient (Wildman–Crippen LogP) is 8.93. The number of nitrogens with one attached hydrogen (secondary N) is 2. The van der Waals surface area contributed by atoms with Crippen LogP contribution in [-0.2, 0) is 10.0 Å². The van der Waals surface area contributed by atoms with Crippen LogP contribution < -0.4 is 19.1 Å². The highest BCUT2D eigenvalue weighted by molar-refractivity contribution is 7.90. The number of amides is 1. The maximum Gasteiger partial charge on any atom is 0.268 e. The summed E-state index contributed by atoms with van der Waals surface area (Å²) in [5.41, 5.74) is 5.89. The second-order valence-corrected chi connectivity index (χ2v) is 19.6. The van der Waals surface area contributed by atoms with Gasteiger partial charge in [-0.1, -0.05) is 60.8 Å². The highest BCUT2D eigenvalue weighted by atomic mass is 35.5. The first-order valence-corrected chi connectivity index (χ1v) is 23.0. The molecule has 8 rings (SSSR count). The lowest BCUT2D eigenvalue weighted by Crippen LogP contribution is -2.47. The minimum atomic E-state index is -4.47. The van der Waals surface area contributed by atoms with E-state index in [0.717, 1.165) is 80.5 Å². The van der Waals surface area contributed by atoms with Crippen LogP contribution in [0.15, 0.2) is 89.6 Å². The minimum Gasteiger partial charge on any atom is -0.476 e. The Kier molecular flexibility index (Phi) is 13.1. The summed E-state index contributed by atoms with van der Waals surface area (Å²) in [6.07, 6.45) is 4.14. The van der Waals surface area contributed by atoms with E-state index >= 15 is 0 Å². The number of sulfonamides is 1. The molecule has 0 spiro atoms. The molecule has 0 bridgehead atoms. The summed E-state index contributed by atoms with van der Waals surface area (Å²) in [7, 11) is -4.47. The van der Waals surface area contributed by atoms with Gasteiger partial charge in [0.05, 0.1) is 42.0 Å². The number of hydrogen-bond acceptors (Lipinski definition) is 10. The zero-order valence-corrected chi connectivity index (χ0v) is 36.9. The van der Waals surface area contributed by atoms with Crippen LogP contribution >= 0.6 is 23.2 Å². The highest BCUT2D eigenvalue weighted by Crippen LogP contribution is 2.43. The second-order valence-electron chi connectivity index (χ2n) is 17.1. The van der Waals surface area contributed by atoms with Gasteiger partial charge in [-0.3, -0.25) is 19.7 Å². The van der Waals surface area contributed by atoms with Crippen LogP contribution in [0.2, 0.25) is 10.0 Å². The van der Waals surface area contributed by atoms with Crippen LogP contribution in [0, 0.1) is 11.3 Å². The molecule has 2 fully saturated rings. The van der Waals surface area contributed by atoms with Gasteiger partial charge in [0.1, 0.15) is 21.4 Å². The Morgan fingerprint density at radius 1 is 0.984 bits per heavy atom. The minimum absolute atomic E-state index is 0.00240. The molecule has 0 saturated carbocycles. The van der Waals surface area contributed by atoms with Crippen LogP contribution in [0.3, 0.4) is 0 Å². The van der Waals surface area contributed by atoms with Gasteiger partial charge in [-0.15, -0.1) is 0 Å². The predicted molar refractivity (Wildman–Crippen MR) is 237 cm³/mol. The standard InChI is InChI=1S/C45H49Cl2F2N7O5S/c1-45(2)14-12-31(36(22-45)30-6-8-32(46)9-7-30)26-54-16-18-56(19-17-54)33-10-11-35(41(20-33)61-40-5-3-4-39-37(40)24-51-52-39)43(57)53-62(58,59)34-21-38(47)44(50-23-34)60-28-29-13-15-55(25-29)27-42(48)49/h3-11,20-21,23-24,29,42H,12-19,22,25-28H2,1-2H3,(H,51,52)(H,53,57)/t29-/m1/s1. The largest absolute Gasteiger partial charge is 0.476 e. The molecule has 4 heterocycles. The molecule has 1 amide bonds. The third-order valence-electron chi connectivity index (χ3n) is 11.9. The van der Waals surface area contributed by atoms with E-state index in [2.05, 4.69) is 55.7 Å². The van der Waals surface area contributed by atoms with Crippen molar-refractivity contribution in [3.63, 3.8) is 0 Å². The number of carbonyl (C=O) groups excluding carboxylic acids is 1. The number of alkyl halides is 2. The van der Waals surface area contributed by atoms with Gasteiger partial charge in [0.25, 0.3) is 22.4 Å². The maximum absolute atomic E-state index is 13.9. The van der Waals surface area contributed by atoms with Gasteiger partial charge in [-0.25, -0.2) is 26.9 Å². The van der Waals surface area contributed by atoms with Crippen molar-refractivity contribution in [3.8, 4) is 17.4 Å². The fourth-order valence-corrected chi connectivity index (χ4v) is 9.88. The number of hydrogen-bond donors (Lipinski definition) is 2. The van der Waals surface area contributed by atoms with Crippen molar-refractivity contribution < 1.29 is 31.5 Å². The Balaban J connectivity index is 0.972. The fraction of sp³-hybridized carbons (Fsp3) is 0.400. The molecule has 2 aliphatic heterocycles. The van der Waals surface area contributed by atoms with Crippen LogP contribution in [0.4, 0.5) is 14.5 Å². The van der Waals surface area contributed by atoms with Gasteiger partial charge in [0.2, 0.25) is 5.88 Å². The van der Waals surface area contributed by atoms with Crippen molar-refractivity contribution in [1.29, 1.82) is 0 Å². The number of rotatable bonds is 14. The number of ether oxygens (including phenoxy) is 2. The van der Waals surface area contributed by atoms with Crippen LogP contribution in [-0.4, -0.2) is 105 Å². The number of aromatic amines is 1. The van der Waals surface area contributed by atoms with Crippen molar-refractivity contribution in [1.82, 2.24) is 29.7 Å². The molecule has 2 N–H and O–H groups in total. The van der Waals surface area contributed by atoms with Crippen LogP contribution in [0.25, 0.3) is 16.5 Å². The van der Waals surface area contributed by atoms with Crippen molar-refractivity contribution in [2.75, 3.05) is 63.9 Å². The Morgan fingerprint density at radius 3 is 2.53 bits per heavy atom. The Hall–Kier alpha value is -4.80. The fourth-order valence-electron chi connectivity index (χ4n) is 8.53. The third-order valence-corrected chi connectivity index (χ3v) is 13.8. The lowest BCUT2D eigenvalue weighted by atomic mass is 9.72. The molecule has 328 valence electrons. The van der Waals surface area contributed by atoms with Crippen molar-refractivity contribution in [2.45, 2.75) is 50.9 Å². The number of nitrogens with zero attached hydrogens (tertiary/aromatic N) is 5. The van der Waals surface area contributed by atoms with Gasteiger partial charge in [0.15, 0.2) is 0 Å². The number of benzene rings is 3. The Morgan fingerprint density at radius 2 is 1.77 bits per heavy atom. The van der Waals surface area contributed by atoms with E-state index in [0.29, 0.717) is 30.6 Å². The number of carbonyl (C=O) groups is 1. The highest BCUT2D eigenvalue weighted by Gasteiger charge is 2.31. The Labute approximate surface area is 370 Å². The summed E-state index contributed by atoms with van der Waals surface area (Å²) in [4.78, 5) is 24.1. The number of fused-ring (bicyclic) bond motifs is 1. The molecule has 12 nitrogen and oxygen atoms in total. The first-order valence-electron chi connectivity index (χ1n) is 20.7. The number of H-pyrrole nitrogens is 1. The topological polar surface area (TPSA) is 133 Å². The molecule has 0 unspecified atom stereocenters. The van der Waals surface area contributed by atoms with Gasteiger partial charge >= 0.3 is 0 Å². The number of pyridine rings is 1. The molecule has 1 atom stereocenters. The normalized spacial score (nSPS) is 18.8. The lowest BCUT2D eigenvalue weighted by Gasteiger charge is -2.39. The summed E-state index contributed by atoms with van der Waals surface area (Å²) in [6, 6.07) is 19.9. The van der Waals surface area contributed by atoms with E-state index < -0.39 is 22.4 Å². The molecule has 62 heavy (non-hydrogen) atoms.